The molecule has 1 aromatic carbocycles. The first-order chi connectivity index (χ1) is 8.22. The van der Waals surface area contributed by atoms with Crippen LogP contribution in [0.4, 0.5) is 0 Å². The highest BCUT2D eigenvalue weighted by molar-refractivity contribution is 5.85. The van der Waals surface area contributed by atoms with Crippen LogP contribution in [0, 0.1) is 11.3 Å². The molecular formula is C14H15N3. The molecule has 3 nitrogen and oxygen atoms in total. The molecule has 1 aliphatic heterocycles. The first-order valence-electron chi connectivity index (χ1n) is 5.93. The van der Waals surface area contributed by atoms with E-state index in [1.807, 2.05) is 13.1 Å². The quantitative estimate of drug-likeness (QED) is 0.749. The van der Waals surface area contributed by atoms with Gasteiger partial charge in [-0.15, -0.1) is 0 Å². The number of fused-ring (bicyclic) bond motifs is 3. The predicted molar refractivity (Wildman–Crippen MR) is 67.6 cm³/mol. The van der Waals surface area contributed by atoms with Crippen LogP contribution in [0.15, 0.2) is 24.3 Å². The average molecular weight is 225 g/mol. The summed E-state index contributed by atoms with van der Waals surface area (Å²) in [5, 5.41) is 10.5. The van der Waals surface area contributed by atoms with Gasteiger partial charge in [0.05, 0.1) is 6.07 Å². The zero-order valence-corrected chi connectivity index (χ0v) is 10.1. The molecule has 0 amide bonds. The van der Waals surface area contributed by atoms with Crippen LogP contribution < -0.4 is 0 Å². The fourth-order valence-corrected chi connectivity index (χ4v) is 2.74. The van der Waals surface area contributed by atoms with Gasteiger partial charge in [0.15, 0.2) is 0 Å². The molecule has 1 N–H and O–H groups in total. The highest BCUT2D eigenvalue weighted by Gasteiger charge is 2.31. The summed E-state index contributed by atoms with van der Waals surface area (Å²) >= 11 is 0. The minimum atomic E-state index is -0.0169. The minimum Gasteiger partial charge on any atom is -0.357 e. The maximum atomic E-state index is 9.21. The Labute approximate surface area is 101 Å². The van der Waals surface area contributed by atoms with Crippen LogP contribution in [0.25, 0.3) is 10.9 Å². The van der Waals surface area contributed by atoms with Gasteiger partial charge in [-0.25, -0.2) is 0 Å². The van der Waals surface area contributed by atoms with Crippen LogP contribution >= 0.6 is 0 Å². The number of H-pyrrole nitrogens is 1. The first-order valence-corrected chi connectivity index (χ1v) is 5.93. The molecule has 2 atom stereocenters. The lowest BCUT2D eigenvalue weighted by Gasteiger charge is -2.33. The Balaban J connectivity index is 2.23. The standard InChI is InChI=1S/C14H15N3/c1-9-14-12(7-10(8-15)17(9)2)11-5-3-4-6-13(11)16-14/h3-6,9-10,16H,7H2,1-2H3/t9-,10+/m1/s1. The van der Waals surface area contributed by atoms with Crippen LogP contribution in [0.3, 0.4) is 0 Å². The van der Waals surface area contributed by atoms with Crippen molar-refractivity contribution in [2.24, 2.45) is 0 Å². The molecule has 0 aliphatic carbocycles. The first kappa shape index (κ1) is 10.4. The Morgan fingerprint density at radius 2 is 2.18 bits per heavy atom. The van der Waals surface area contributed by atoms with Crippen LogP contribution in [-0.2, 0) is 6.42 Å². The maximum Gasteiger partial charge on any atom is 0.102 e. The monoisotopic (exact) mass is 225 g/mol. The molecule has 0 fully saturated rings. The summed E-state index contributed by atoms with van der Waals surface area (Å²) in [6, 6.07) is 11.0. The predicted octanol–water partition coefficient (Wildman–Crippen LogP) is 2.61. The summed E-state index contributed by atoms with van der Waals surface area (Å²) in [6.07, 6.45) is 0.816. The molecule has 0 unspecified atom stereocenters. The fraction of sp³-hybridized carbons (Fsp3) is 0.357. The van der Waals surface area contributed by atoms with Gasteiger partial charge < -0.3 is 4.98 Å². The molecule has 17 heavy (non-hydrogen) atoms. The van der Waals surface area contributed by atoms with Crippen molar-refractivity contribution in [1.29, 1.82) is 5.26 Å². The Hall–Kier alpha value is -1.79. The van der Waals surface area contributed by atoms with Crippen LogP contribution in [0.5, 0.6) is 0 Å². The molecule has 0 saturated carbocycles. The largest absolute Gasteiger partial charge is 0.357 e. The number of benzene rings is 1. The smallest absolute Gasteiger partial charge is 0.102 e. The van der Waals surface area contributed by atoms with Crippen LogP contribution in [0.1, 0.15) is 24.2 Å². The number of rotatable bonds is 0. The topological polar surface area (TPSA) is 42.8 Å². The summed E-state index contributed by atoms with van der Waals surface area (Å²) in [7, 11) is 2.02. The zero-order valence-electron chi connectivity index (χ0n) is 10.1. The minimum absolute atomic E-state index is 0.0169. The number of nitrogens with one attached hydrogen (secondary N) is 1. The normalized spacial score (nSPS) is 24.5. The molecule has 2 heterocycles. The molecule has 3 heteroatoms. The highest BCUT2D eigenvalue weighted by Crippen LogP contribution is 2.35. The molecule has 1 aliphatic rings. The van der Waals surface area contributed by atoms with Crippen molar-refractivity contribution in [1.82, 2.24) is 9.88 Å². The number of aromatic nitrogens is 1. The van der Waals surface area contributed by atoms with Gasteiger partial charge in [-0.1, -0.05) is 18.2 Å². The van der Waals surface area contributed by atoms with E-state index >= 15 is 0 Å². The maximum absolute atomic E-state index is 9.21. The molecular weight excluding hydrogens is 210 g/mol. The van der Waals surface area contributed by atoms with Crippen molar-refractivity contribution in [2.45, 2.75) is 25.4 Å². The third-order valence-electron chi connectivity index (χ3n) is 3.91. The van der Waals surface area contributed by atoms with E-state index in [4.69, 9.17) is 0 Å². The average Bonchev–Trinajstić information content (AvgIpc) is 2.72. The molecule has 0 radical (unpaired) electrons. The van der Waals surface area contributed by atoms with E-state index in [0.29, 0.717) is 0 Å². The molecule has 0 bridgehead atoms. The number of para-hydroxylation sites is 1. The fourth-order valence-electron chi connectivity index (χ4n) is 2.74. The van der Waals surface area contributed by atoms with Gasteiger partial charge in [0.2, 0.25) is 0 Å². The van der Waals surface area contributed by atoms with Crippen molar-refractivity contribution < 1.29 is 0 Å². The van der Waals surface area contributed by atoms with Crippen molar-refractivity contribution in [2.75, 3.05) is 7.05 Å². The summed E-state index contributed by atoms with van der Waals surface area (Å²) in [4.78, 5) is 5.63. The second-order valence-electron chi connectivity index (χ2n) is 4.75. The van der Waals surface area contributed by atoms with Crippen LogP contribution in [-0.4, -0.2) is 23.0 Å². The SMILES string of the molecule is C[C@@H]1c2[nH]c3ccccc3c2C[C@@H](C#N)N1C. The van der Waals surface area contributed by atoms with Gasteiger partial charge in [-0.2, -0.15) is 5.26 Å². The van der Waals surface area contributed by atoms with Crippen molar-refractivity contribution in [3.05, 3.63) is 35.5 Å². The van der Waals surface area contributed by atoms with Crippen LogP contribution in [0.2, 0.25) is 0 Å². The molecule has 86 valence electrons. The van der Waals surface area contributed by atoms with Gasteiger partial charge in [0, 0.05) is 29.1 Å². The van der Waals surface area contributed by atoms with Crippen molar-refractivity contribution >= 4 is 10.9 Å². The lowest BCUT2D eigenvalue weighted by molar-refractivity contribution is 0.201. The van der Waals surface area contributed by atoms with E-state index in [2.05, 4.69) is 41.1 Å². The van der Waals surface area contributed by atoms with E-state index in [-0.39, 0.29) is 12.1 Å². The molecule has 1 aromatic heterocycles. The second kappa shape index (κ2) is 3.61. The van der Waals surface area contributed by atoms with Gasteiger partial charge in [-0.05, 0) is 25.6 Å². The van der Waals surface area contributed by atoms with E-state index in [1.54, 1.807) is 0 Å². The van der Waals surface area contributed by atoms with E-state index in [0.717, 1.165) is 6.42 Å². The Kier molecular flexibility index (Phi) is 2.20. The van der Waals surface area contributed by atoms with Gasteiger partial charge >= 0.3 is 0 Å². The number of nitrogens with zero attached hydrogens (tertiary/aromatic N) is 2. The van der Waals surface area contributed by atoms with Crippen molar-refractivity contribution in [3.8, 4) is 6.07 Å². The summed E-state index contributed by atoms with van der Waals surface area (Å²) in [5.74, 6) is 0. The number of aromatic amines is 1. The Morgan fingerprint density at radius 3 is 2.94 bits per heavy atom. The van der Waals surface area contributed by atoms with Crippen molar-refractivity contribution in [3.63, 3.8) is 0 Å². The lowest BCUT2D eigenvalue weighted by atomic mass is 9.93. The number of hydrogen-bond acceptors (Lipinski definition) is 2. The molecule has 0 spiro atoms. The third-order valence-corrected chi connectivity index (χ3v) is 3.91. The summed E-state index contributed by atoms with van der Waals surface area (Å²) in [6.45, 7) is 2.15. The van der Waals surface area contributed by atoms with E-state index in [9.17, 15) is 5.26 Å². The number of nitriles is 1. The van der Waals surface area contributed by atoms with Gasteiger partial charge in [0.1, 0.15) is 6.04 Å². The van der Waals surface area contributed by atoms with Gasteiger partial charge in [-0.3, -0.25) is 4.90 Å². The second-order valence-corrected chi connectivity index (χ2v) is 4.75. The number of likely N-dealkylation sites (N-methyl/N-ethyl adjacent to an activating group) is 1. The molecule has 3 rings (SSSR count). The van der Waals surface area contributed by atoms with E-state index in [1.165, 1.54) is 22.2 Å². The summed E-state index contributed by atoms with van der Waals surface area (Å²) in [5.41, 5.74) is 3.76. The molecule has 2 aromatic rings. The number of hydrogen-bond donors (Lipinski definition) is 1. The van der Waals surface area contributed by atoms with E-state index < -0.39 is 0 Å². The molecule has 0 saturated heterocycles. The highest BCUT2D eigenvalue weighted by atomic mass is 15.2. The Bertz CT molecular complexity index is 605. The summed E-state index contributed by atoms with van der Waals surface area (Å²) < 4.78 is 0. The van der Waals surface area contributed by atoms with Gasteiger partial charge in [0.25, 0.3) is 0 Å². The Morgan fingerprint density at radius 1 is 1.41 bits per heavy atom. The zero-order chi connectivity index (χ0) is 12.0. The lowest BCUT2D eigenvalue weighted by Crippen LogP contribution is -2.38. The third kappa shape index (κ3) is 1.38.